The van der Waals surface area contributed by atoms with Gasteiger partial charge in [-0.2, -0.15) is 5.10 Å². The minimum atomic E-state index is -0.0698. The quantitative estimate of drug-likeness (QED) is 0.753. The highest BCUT2D eigenvalue weighted by Crippen LogP contribution is 2.26. The lowest BCUT2D eigenvalue weighted by molar-refractivity contribution is 0.0944. The second kappa shape index (κ2) is 7.14. The molecule has 3 heterocycles. The highest BCUT2D eigenvalue weighted by atomic mass is 16.1. The molecule has 1 amide bonds. The normalized spacial score (nSPS) is 16.5. The van der Waals surface area contributed by atoms with Crippen LogP contribution in [0, 0.1) is 5.92 Å². The van der Waals surface area contributed by atoms with E-state index in [0.29, 0.717) is 18.0 Å². The Morgan fingerprint density at radius 1 is 1.04 bits per heavy atom. The molecule has 1 fully saturated rings. The molecule has 2 aromatic heterocycles. The zero-order valence-electron chi connectivity index (χ0n) is 15.6. The van der Waals surface area contributed by atoms with Gasteiger partial charge in [-0.15, -0.1) is 5.10 Å². The molecule has 2 aliphatic rings. The maximum Gasteiger partial charge on any atom is 0.251 e. The Kier molecular flexibility index (Phi) is 4.35. The molecular weight excluding hydrogens is 352 g/mol. The summed E-state index contributed by atoms with van der Waals surface area (Å²) in [6.07, 6.45) is 7.91. The van der Waals surface area contributed by atoms with Gasteiger partial charge in [0.1, 0.15) is 0 Å². The number of nitrogens with zero attached hydrogens (tertiary/aromatic N) is 5. The molecular formula is C21H22N6O. The summed E-state index contributed by atoms with van der Waals surface area (Å²) in [6.45, 7) is 2.46. The first-order valence-electron chi connectivity index (χ1n) is 9.86. The topological polar surface area (TPSA) is 83.9 Å². The molecule has 0 saturated carbocycles. The zero-order valence-corrected chi connectivity index (χ0v) is 15.6. The number of aryl methyl sites for hydroxylation is 2. The molecule has 1 aliphatic carbocycles. The van der Waals surface area contributed by atoms with Crippen molar-refractivity contribution in [2.24, 2.45) is 5.92 Å². The van der Waals surface area contributed by atoms with Crippen molar-refractivity contribution >= 4 is 22.8 Å². The smallest absolute Gasteiger partial charge is 0.251 e. The molecule has 1 aliphatic heterocycles. The summed E-state index contributed by atoms with van der Waals surface area (Å²) in [5, 5.41) is 11.8. The molecule has 0 spiro atoms. The van der Waals surface area contributed by atoms with E-state index in [9.17, 15) is 4.79 Å². The summed E-state index contributed by atoms with van der Waals surface area (Å²) < 4.78 is 0. The van der Waals surface area contributed by atoms with E-state index >= 15 is 0 Å². The van der Waals surface area contributed by atoms with Crippen molar-refractivity contribution in [2.75, 3.05) is 24.5 Å². The predicted octanol–water partition coefficient (Wildman–Crippen LogP) is 2.16. The highest BCUT2D eigenvalue weighted by Gasteiger charge is 2.29. The van der Waals surface area contributed by atoms with Crippen molar-refractivity contribution in [3.63, 3.8) is 0 Å². The minimum Gasteiger partial charge on any atom is -0.354 e. The first-order valence-corrected chi connectivity index (χ1v) is 9.86. The SMILES string of the molecule is O=C(NCC1CN(c2cc3c(nn2)CCCC3)C1)c1ccc2nccnc2c1. The molecule has 0 unspecified atom stereocenters. The van der Waals surface area contributed by atoms with E-state index in [4.69, 9.17) is 0 Å². The van der Waals surface area contributed by atoms with Gasteiger partial charge in [0.25, 0.3) is 5.91 Å². The molecule has 3 aromatic rings. The first kappa shape index (κ1) is 17.0. The second-order valence-electron chi connectivity index (χ2n) is 7.62. The van der Waals surface area contributed by atoms with Crippen molar-refractivity contribution in [3.8, 4) is 0 Å². The van der Waals surface area contributed by atoms with Gasteiger partial charge in [0.15, 0.2) is 5.82 Å². The molecule has 1 N–H and O–H groups in total. The van der Waals surface area contributed by atoms with Crippen molar-refractivity contribution in [1.82, 2.24) is 25.5 Å². The molecule has 1 saturated heterocycles. The van der Waals surface area contributed by atoms with E-state index in [2.05, 4.69) is 36.4 Å². The van der Waals surface area contributed by atoms with E-state index in [0.717, 1.165) is 42.8 Å². The van der Waals surface area contributed by atoms with Gasteiger partial charge in [-0.05, 0) is 55.5 Å². The fourth-order valence-electron chi connectivity index (χ4n) is 3.96. The number of rotatable bonds is 4. The van der Waals surface area contributed by atoms with Crippen LogP contribution in [0.2, 0.25) is 0 Å². The number of benzene rings is 1. The summed E-state index contributed by atoms with van der Waals surface area (Å²) in [5.74, 6) is 1.33. The van der Waals surface area contributed by atoms with E-state index in [1.165, 1.54) is 24.1 Å². The van der Waals surface area contributed by atoms with Crippen LogP contribution in [0.25, 0.3) is 11.0 Å². The number of carbonyl (C=O) groups is 1. The number of nitrogens with one attached hydrogen (secondary N) is 1. The average molecular weight is 374 g/mol. The molecule has 0 atom stereocenters. The molecule has 142 valence electrons. The maximum atomic E-state index is 12.4. The van der Waals surface area contributed by atoms with E-state index in [1.807, 2.05) is 6.07 Å². The third-order valence-electron chi connectivity index (χ3n) is 5.62. The molecule has 7 heteroatoms. The van der Waals surface area contributed by atoms with Crippen LogP contribution in [0.3, 0.4) is 0 Å². The number of hydrogen-bond donors (Lipinski definition) is 1. The van der Waals surface area contributed by atoms with Crippen LogP contribution >= 0.6 is 0 Å². The first-order chi connectivity index (χ1) is 13.8. The van der Waals surface area contributed by atoms with Crippen molar-refractivity contribution in [2.45, 2.75) is 25.7 Å². The van der Waals surface area contributed by atoms with Crippen molar-refractivity contribution in [1.29, 1.82) is 0 Å². The van der Waals surface area contributed by atoms with Crippen LogP contribution in [0.15, 0.2) is 36.7 Å². The number of carbonyl (C=O) groups excluding carboxylic acids is 1. The third kappa shape index (κ3) is 3.28. The van der Waals surface area contributed by atoms with Gasteiger partial charge in [-0.1, -0.05) is 0 Å². The lowest BCUT2D eigenvalue weighted by atomic mass is 9.95. The molecule has 0 radical (unpaired) electrons. The van der Waals surface area contributed by atoms with Crippen LogP contribution < -0.4 is 10.2 Å². The number of hydrogen-bond acceptors (Lipinski definition) is 6. The van der Waals surface area contributed by atoms with Gasteiger partial charge in [0.2, 0.25) is 0 Å². The maximum absolute atomic E-state index is 12.4. The van der Waals surface area contributed by atoms with Crippen molar-refractivity contribution < 1.29 is 4.79 Å². The Hall–Kier alpha value is -3.09. The summed E-state index contributed by atoms with van der Waals surface area (Å²) in [7, 11) is 0. The summed E-state index contributed by atoms with van der Waals surface area (Å²) >= 11 is 0. The van der Waals surface area contributed by atoms with Crippen molar-refractivity contribution in [3.05, 3.63) is 53.5 Å². The van der Waals surface area contributed by atoms with Gasteiger partial charge in [0, 0.05) is 43.5 Å². The van der Waals surface area contributed by atoms with Crippen LogP contribution in [0.5, 0.6) is 0 Å². The van der Waals surface area contributed by atoms with Gasteiger partial charge >= 0.3 is 0 Å². The number of amides is 1. The molecule has 28 heavy (non-hydrogen) atoms. The monoisotopic (exact) mass is 374 g/mol. The Balaban J connectivity index is 1.16. The van der Waals surface area contributed by atoms with Crippen LogP contribution in [-0.4, -0.2) is 45.7 Å². The Morgan fingerprint density at radius 3 is 2.75 bits per heavy atom. The Morgan fingerprint density at radius 2 is 1.86 bits per heavy atom. The molecule has 5 rings (SSSR count). The average Bonchev–Trinajstić information content (AvgIpc) is 2.72. The number of anilines is 1. The van der Waals surface area contributed by atoms with Gasteiger partial charge < -0.3 is 10.2 Å². The van der Waals surface area contributed by atoms with Crippen LogP contribution in [0.1, 0.15) is 34.5 Å². The molecule has 7 nitrogen and oxygen atoms in total. The Bertz CT molecular complexity index is 1030. The van der Waals surface area contributed by atoms with Gasteiger partial charge in [-0.3, -0.25) is 14.8 Å². The fourth-order valence-corrected chi connectivity index (χ4v) is 3.96. The largest absolute Gasteiger partial charge is 0.354 e. The number of fused-ring (bicyclic) bond motifs is 2. The summed E-state index contributed by atoms with van der Waals surface area (Å²) in [5.41, 5.74) is 4.66. The number of aromatic nitrogens is 4. The zero-order chi connectivity index (χ0) is 18.9. The lowest BCUT2D eigenvalue weighted by Crippen LogP contribution is -2.52. The fraction of sp³-hybridized carbons (Fsp3) is 0.381. The molecule has 0 bridgehead atoms. The van der Waals surface area contributed by atoms with E-state index < -0.39 is 0 Å². The minimum absolute atomic E-state index is 0.0698. The standard InChI is InChI=1S/C21H22N6O/c28-21(16-5-6-18-19(9-16)23-8-7-22-18)24-11-14-12-27(13-14)20-10-15-3-1-2-4-17(15)25-26-20/h5-10,14H,1-4,11-13H2,(H,24,28). The Labute approximate surface area is 163 Å². The van der Waals surface area contributed by atoms with Crippen LogP contribution in [0.4, 0.5) is 5.82 Å². The third-order valence-corrected chi connectivity index (χ3v) is 5.62. The highest BCUT2D eigenvalue weighted by molar-refractivity contribution is 5.97. The predicted molar refractivity (Wildman–Crippen MR) is 106 cm³/mol. The lowest BCUT2D eigenvalue weighted by Gasteiger charge is -2.40. The van der Waals surface area contributed by atoms with Gasteiger partial charge in [-0.25, -0.2) is 0 Å². The second-order valence-corrected chi connectivity index (χ2v) is 7.62. The van der Waals surface area contributed by atoms with E-state index in [-0.39, 0.29) is 5.91 Å². The van der Waals surface area contributed by atoms with E-state index in [1.54, 1.807) is 24.5 Å². The van der Waals surface area contributed by atoms with Gasteiger partial charge in [0.05, 0.1) is 16.7 Å². The summed E-state index contributed by atoms with van der Waals surface area (Å²) in [4.78, 5) is 23.2. The molecule has 1 aromatic carbocycles. The van der Waals surface area contributed by atoms with Crippen LogP contribution in [-0.2, 0) is 12.8 Å². The summed E-state index contributed by atoms with van der Waals surface area (Å²) in [6, 6.07) is 7.61.